The standard InChI is InChI=1S/C14H20N2O2/c1-11(12-6-3-4-8-15-12)16-9-5-7-14(2,10-16)13(17)18/h3-4,6,8,11H,5,7,9-10H2,1-2H3,(H,17,18). The lowest BCUT2D eigenvalue weighted by atomic mass is 9.81. The van der Waals surface area contributed by atoms with Crippen LogP contribution in [-0.2, 0) is 4.79 Å². The molecule has 18 heavy (non-hydrogen) atoms. The van der Waals surface area contributed by atoms with Crippen LogP contribution >= 0.6 is 0 Å². The largest absolute Gasteiger partial charge is 0.481 e. The van der Waals surface area contributed by atoms with Gasteiger partial charge in [0.25, 0.3) is 0 Å². The Labute approximate surface area is 108 Å². The van der Waals surface area contributed by atoms with E-state index in [0.717, 1.165) is 25.1 Å². The minimum Gasteiger partial charge on any atom is -0.481 e. The minimum atomic E-state index is -0.694. The third-order valence-corrected chi connectivity index (χ3v) is 3.91. The van der Waals surface area contributed by atoms with E-state index < -0.39 is 11.4 Å². The van der Waals surface area contributed by atoms with Crippen molar-refractivity contribution in [3.63, 3.8) is 0 Å². The Balaban J connectivity index is 2.12. The van der Waals surface area contributed by atoms with Gasteiger partial charge in [-0.05, 0) is 45.4 Å². The van der Waals surface area contributed by atoms with Crippen LogP contribution in [0.4, 0.5) is 0 Å². The molecule has 0 spiro atoms. The quantitative estimate of drug-likeness (QED) is 0.892. The average Bonchev–Trinajstić information content (AvgIpc) is 2.39. The summed E-state index contributed by atoms with van der Waals surface area (Å²) in [6.07, 6.45) is 3.47. The fourth-order valence-corrected chi connectivity index (χ4v) is 2.59. The molecule has 1 aromatic heterocycles. The van der Waals surface area contributed by atoms with Gasteiger partial charge in [0.15, 0.2) is 0 Å². The third-order valence-electron chi connectivity index (χ3n) is 3.91. The van der Waals surface area contributed by atoms with Crippen molar-refractivity contribution < 1.29 is 9.90 Å². The lowest BCUT2D eigenvalue weighted by Gasteiger charge is -2.40. The van der Waals surface area contributed by atoms with E-state index in [2.05, 4.69) is 16.8 Å². The Bertz CT molecular complexity index is 421. The van der Waals surface area contributed by atoms with E-state index in [0.29, 0.717) is 6.54 Å². The Morgan fingerprint density at radius 3 is 2.94 bits per heavy atom. The van der Waals surface area contributed by atoms with E-state index in [1.807, 2.05) is 25.1 Å². The Morgan fingerprint density at radius 2 is 2.33 bits per heavy atom. The zero-order valence-corrected chi connectivity index (χ0v) is 11.0. The second-order valence-electron chi connectivity index (χ2n) is 5.37. The molecule has 1 saturated heterocycles. The lowest BCUT2D eigenvalue weighted by molar-refractivity contribution is -0.151. The summed E-state index contributed by atoms with van der Waals surface area (Å²) in [5, 5.41) is 9.33. The molecule has 2 atom stereocenters. The minimum absolute atomic E-state index is 0.171. The summed E-state index contributed by atoms with van der Waals surface area (Å²) in [5.74, 6) is -0.694. The summed E-state index contributed by atoms with van der Waals surface area (Å²) in [5.41, 5.74) is 0.383. The predicted octanol–water partition coefficient (Wildman–Crippen LogP) is 2.33. The Kier molecular flexibility index (Phi) is 3.66. The van der Waals surface area contributed by atoms with Crippen LogP contribution in [0.25, 0.3) is 0 Å². The van der Waals surface area contributed by atoms with Gasteiger partial charge >= 0.3 is 5.97 Å². The number of carboxylic acid groups (broad SMARTS) is 1. The normalized spacial score (nSPS) is 26.8. The van der Waals surface area contributed by atoms with Crippen LogP contribution in [0.5, 0.6) is 0 Å². The molecule has 1 aliphatic rings. The van der Waals surface area contributed by atoms with Crippen molar-refractivity contribution in [3.8, 4) is 0 Å². The second kappa shape index (κ2) is 5.06. The molecule has 4 heteroatoms. The monoisotopic (exact) mass is 248 g/mol. The fourth-order valence-electron chi connectivity index (χ4n) is 2.59. The number of nitrogens with zero attached hydrogens (tertiary/aromatic N) is 2. The Morgan fingerprint density at radius 1 is 1.56 bits per heavy atom. The number of pyridine rings is 1. The summed E-state index contributed by atoms with van der Waals surface area (Å²) in [7, 11) is 0. The summed E-state index contributed by atoms with van der Waals surface area (Å²) >= 11 is 0. The van der Waals surface area contributed by atoms with E-state index in [-0.39, 0.29) is 6.04 Å². The van der Waals surface area contributed by atoms with Crippen molar-refractivity contribution in [1.82, 2.24) is 9.88 Å². The van der Waals surface area contributed by atoms with Crippen molar-refractivity contribution in [3.05, 3.63) is 30.1 Å². The van der Waals surface area contributed by atoms with Crippen molar-refractivity contribution in [2.75, 3.05) is 13.1 Å². The molecule has 0 aliphatic carbocycles. The molecule has 2 unspecified atom stereocenters. The highest BCUT2D eigenvalue weighted by Gasteiger charge is 2.39. The number of hydrogen-bond donors (Lipinski definition) is 1. The van der Waals surface area contributed by atoms with Gasteiger partial charge in [-0.2, -0.15) is 0 Å². The molecule has 98 valence electrons. The molecule has 2 rings (SSSR count). The topological polar surface area (TPSA) is 53.4 Å². The molecule has 0 aromatic carbocycles. The first-order valence-corrected chi connectivity index (χ1v) is 6.41. The van der Waals surface area contributed by atoms with Gasteiger partial charge < -0.3 is 5.11 Å². The molecule has 2 heterocycles. The third kappa shape index (κ3) is 2.53. The van der Waals surface area contributed by atoms with Crippen LogP contribution in [0.1, 0.15) is 38.4 Å². The van der Waals surface area contributed by atoms with E-state index in [9.17, 15) is 9.90 Å². The van der Waals surface area contributed by atoms with Crippen LogP contribution in [0.2, 0.25) is 0 Å². The Hall–Kier alpha value is -1.42. The summed E-state index contributed by atoms with van der Waals surface area (Å²) in [6.45, 7) is 5.48. The number of carboxylic acids is 1. The van der Waals surface area contributed by atoms with Gasteiger partial charge in [0.1, 0.15) is 0 Å². The average molecular weight is 248 g/mol. The van der Waals surface area contributed by atoms with E-state index in [1.165, 1.54) is 0 Å². The first kappa shape index (κ1) is 13.0. The molecule has 0 amide bonds. The molecule has 1 aliphatic heterocycles. The number of hydrogen-bond acceptors (Lipinski definition) is 3. The van der Waals surface area contributed by atoms with Crippen LogP contribution in [0.15, 0.2) is 24.4 Å². The highest BCUT2D eigenvalue weighted by molar-refractivity contribution is 5.74. The van der Waals surface area contributed by atoms with E-state index in [4.69, 9.17) is 0 Å². The van der Waals surface area contributed by atoms with E-state index in [1.54, 1.807) is 6.20 Å². The first-order valence-electron chi connectivity index (χ1n) is 6.41. The molecule has 0 saturated carbocycles. The molecule has 1 N–H and O–H groups in total. The number of aliphatic carboxylic acids is 1. The number of aromatic nitrogens is 1. The summed E-state index contributed by atoms with van der Waals surface area (Å²) in [6, 6.07) is 6.04. The molecule has 0 radical (unpaired) electrons. The smallest absolute Gasteiger partial charge is 0.310 e. The molecule has 0 bridgehead atoms. The van der Waals surface area contributed by atoms with Crippen molar-refractivity contribution in [1.29, 1.82) is 0 Å². The molecular weight excluding hydrogens is 228 g/mol. The number of likely N-dealkylation sites (tertiary alicyclic amines) is 1. The zero-order chi connectivity index (χ0) is 13.2. The molecular formula is C14H20N2O2. The van der Waals surface area contributed by atoms with Crippen LogP contribution in [-0.4, -0.2) is 34.0 Å². The van der Waals surface area contributed by atoms with Crippen molar-refractivity contribution in [2.24, 2.45) is 5.41 Å². The van der Waals surface area contributed by atoms with Crippen LogP contribution in [0.3, 0.4) is 0 Å². The van der Waals surface area contributed by atoms with Crippen molar-refractivity contribution >= 4 is 5.97 Å². The molecule has 4 nitrogen and oxygen atoms in total. The number of rotatable bonds is 3. The lowest BCUT2D eigenvalue weighted by Crippen LogP contribution is -2.46. The van der Waals surface area contributed by atoms with Gasteiger partial charge in [-0.3, -0.25) is 14.7 Å². The van der Waals surface area contributed by atoms with Gasteiger partial charge in [-0.1, -0.05) is 6.07 Å². The maximum Gasteiger partial charge on any atom is 0.310 e. The van der Waals surface area contributed by atoms with Gasteiger partial charge in [0.05, 0.1) is 11.1 Å². The maximum atomic E-state index is 11.3. The second-order valence-corrected chi connectivity index (χ2v) is 5.37. The van der Waals surface area contributed by atoms with Gasteiger partial charge in [0.2, 0.25) is 0 Å². The maximum absolute atomic E-state index is 11.3. The summed E-state index contributed by atoms with van der Waals surface area (Å²) in [4.78, 5) is 17.9. The number of piperidine rings is 1. The fraction of sp³-hybridized carbons (Fsp3) is 0.571. The van der Waals surface area contributed by atoms with Crippen LogP contribution in [0, 0.1) is 5.41 Å². The van der Waals surface area contributed by atoms with Crippen LogP contribution < -0.4 is 0 Å². The highest BCUT2D eigenvalue weighted by atomic mass is 16.4. The highest BCUT2D eigenvalue weighted by Crippen LogP contribution is 2.33. The van der Waals surface area contributed by atoms with Crippen molar-refractivity contribution in [2.45, 2.75) is 32.7 Å². The molecule has 1 aromatic rings. The van der Waals surface area contributed by atoms with E-state index >= 15 is 0 Å². The predicted molar refractivity (Wildman–Crippen MR) is 69.2 cm³/mol. The first-order chi connectivity index (χ1) is 8.53. The molecule has 1 fully saturated rings. The SMILES string of the molecule is CC(c1ccccn1)N1CCCC(C)(C(=O)O)C1. The number of carbonyl (C=O) groups is 1. The summed E-state index contributed by atoms with van der Waals surface area (Å²) < 4.78 is 0. The van der Waals surface area contributed by atoms with Gasteiger partial charge in [-0.15, -0.1) is 0 Å². The van der Waals surface area contributed by atoms with Gasteiger partial charge in [0, 0.05) is 18.8 Å². The van der Waals surface area contributed by atoms with Gasteiger partial charge in [-0.25, -0.2) is 0 Å². The zero-order valence-electron chi connectivity index (χ0n) is 11.0.